The number of benzene rings is 1. The molecule has 2 rings (SSSR count). The van der Waals surface area contributed by atoms with E-state index in [1.54, 1.807) is 0 Å². The van der Waals surface area contributed by atoms with E-state index in [9.17, 15) is 13.2 Å². The Morgan fingerprint density at radius 2 is 1.88 bits per heavy atom. The fraction of sp³-hybridized carbons (Fsp3) is 0.400. The summed E-state index contributed by atoms with van der Waals surface area (Å²) in [6.45, 7) is -0.0633. The van der Waals surface area contributed by atoms with Crippen LogP contribution in [-0.2, 0) is 17.4 Å². The molecule has 0 aromatic heterocycles. The zero-order chi connectivity index (χ0) is 12.5. The van der Waals surface area contributed by atoms with Crippen molar-refractivity contribution >= 4 is 0 Å². The molecule has 0 saturated heterocycles. The summed E-state index contributed by atoms with van der Waals surface area (Å²) in [4.78, 5) is 4.29. The lowest BCUT2D eigenvalue weighted by Gasteiger charge is -2.13. The molecule has 1 aromatic rings. The van der Waals surface area contributed by atoms with Crippen LogP contribution in [-0.4, -0.2) is 13.4 Å². The molecule has 0 atom stereocenters. The summed E-state index contributed by atoms with van der Waals surface area (Å²) < 4.78 is 48.3. The third-order valence-electron chi connectivity index (χ3n) is 2.39. The number of rotatable bonds is 3. The van der Waals surface area contributed by atoms with E-state index in [1.807, 2.05) is 0 Å². The molecule has 1 aliphatic heterocycles. The Bertz CT molecular complexity index is 420. The maximum atomic E-state index is 12.8. The average molecular weight is 249 g/mol. The predicted molar refractivity (Wildman–Crippen MR) is 51.4 cm³/mol. The van der Waals surface area contributed by atoms with Gasteiger partial charge in [-0.3, -0.25) is 0 Å². The van der Waals surface area contributed by atoms with Crippen molar-refractivity contribution in [3.8, 4) is 11.5 Å². The van der Waals surface area contributed by atoms with Gasteiger partial charge in [0.2, 0.25) is 6.79 Å². The largest absolute Gasteiger partial charge is 0.454 e. The highest BCUT2D eigenvalue weighted by Gasteiger charge is 2.35. The Balaban J connectivity index is 2.40. The molecule has 0 unspecified atom stereocenters. The molecule has 0 fully saturated rings. The average Bonchev–Trinajstić information content (AvgIpc) is 2.70. The van der Waals surface area contributed by atoms with E-state index in [1.165, 1.54) is 6.07 Å². The zero-order valence-electron chi connectivity index (χ0n) is 8.71. The van der Waals surface area contributed by atoms with Gasteiger partial charge >= 0.3 is 6.18 Å². The second kappa shape index (κ2) is 4.42. The van der Waals surface area contributed by atoms with Gasteiger partial charge in [-0.25, -0.2) is 5.90 Å². The van der Waals surface area contributed by atoms with Crippen molar-refractivity contribution in [1.82, 2.24) is 0 Å². The van der Waals surface area contributed by atoms with Gasteiger partial charge in [0.1, 0.15) is 0 Å². The topological polar surface area (TPSA) is 53.7 Å². The zero-order valence-corrected chi connectivity index (χ0v) is 8.71. The van der Waals surface area contributed by atoms with Gasteiger partial charge in [0.05, 0.1) is 12.2 Å². The van der Waals surface area contributed by atoms with E-state index < -0.39 is 11.7 Å². The maximum absolute atomic E-state index is 12.8. The summed E-state index contributed by atoms with van der Waals surface area (Å²) in [6, 6.07) is 2.25. The van der Waals surface area contributed by atoms with Gasteiger partial charge in [-0.15, -0.1) is 0 Å². The number of hydrogen-bond donors (Lipinski definition) is 1. The Labute approximate surface area is 95.0 Å². The lowest BCUT2D eigenvalue weighted by atomic mass is 10.0. The molecular weight excluding hydrogens is 239 g/mol. The van der Waals surface area contributed by atoms with Crippen molar-refractivity contribution in [2.75, 3.05) is 13.4 Å². The number of fused-ring (bicyclic) bond motifs is 1. The first-order chi connectivity index (χ1) is 8.02. The molecule has 0 saturated carbocycles. The quantitative estimate of drug-likeness (QED) is 0.831. The van der Waals surface area contributed by atoms with Crippen LogP contribution >= 0.6 is 0 Å². The highest BCUT2D eigenvalue weighted by Crippen LogP contribution is 2.41. The molecule has 1 aromatic carbocycles. The van der Waals surface area contributed by atoms with E-state index >= 15 is 0 Å². The minimum atomic E-state index is -4.44. The Hall–Kier alpha value is -1.47. The number of nitrogens with two attached hydrogens (primary N) is 1. The van der Waals surface area contributed by atoms with E-state index in [2.05, 4.69) is 4.84 Å². The molecular formula is C10H10F3NO3. The third-order valence-corrected chi connectivity index (χ3v) is 2.39. The summed E-state index contributed by atoms with van der Waals surface area (Å²) in [5, 5.41) is 0. The summed E-state index contributed by atoms with van der Waals surface area (Å²) in [5.41, 5.74) is -0.675. The number of halogens is 3. The third kappa shape index (κ3) is 2.45. The van der Waals surface area contributed by atoms with Crippen LogP contribution in [0.4, 0.5) is 13.2 Å². The van der Waals surface area contributed by atoms with Crippen molar-refractivity contribution in [1.29, 1.82) is 0 Å². The SMILES string of the molecule is NOCCc1cc2c(cc1C(F)(F)F)OCO2. The van der Waals surface area contributed by atoms with Gasteiger partial charge in [-0.05, 0) is 24.1 Å². The van der Waals surface area contributed by atoms with E-state index in [-0.39, 0.29) is 31.1 Å². The van der Waals surface area contributed by atoms with Crippen LogP contribution in [0.15, 0.2) is 12.1 Å². The van der Waals surface area contributed by atoms with Gasteiger partial charge in [-0.1, -0.05) is 0 Å². The van der Waals surface area contributed by atoms with Gasteiger partial charge in [0.15, 0.2) is 11.5 Å². The Kier molecular flexibility index (Phi) is 3.12. The van der Waals surface area contributed by atoms with Gasteiger partial charge in [-0.2, -0.15) is 13.2 Å². The van der Waals surface area contributed by atoms with E-state index in [0.29, 0.717) is 5.75 Å². The smallest absolute Gasteiger partial charge is 0.416 e. The summed E-state index contributed by atoms with van der Waals surface area (Å²) in [7, 11) is 0. The summed E-state index contributed by atoms with van der Waals surface area (Å²) >= 11 is 0. The first-order valence-corrected chi connectivity index (χ1v) is 4.84. The molecule has 1 aliphatic rings. The molecule has 0 aliphatic carbocycles. The van der Waals surface area contributed by atoms with Crippen LogP contribution in [0.1, 0.15) is 11.1 Å². The van der Waals surface area contributed by atoms with Crippen LogP contribution in [0.5, 0.6) is 11.5 Å². The Morgan fingerprint density at radius 1 is 1.24 bits per heavy atom. The molecule has 7 heteroatoms. The summed E-state index contributed by atoms with van der Waals surface area (Å²) in [6.07, 6.45) is -4.38. The fourth-order valence-electron chi connectivity index (χ4n) is 1.62. The van der Waals surface area contributed by atoms with Crippen molar-refractivity contribution in [2.24, 2.45) is 5.90 Å². The number of hydrogen-bond acceptors (Lipinski definition) is 4. The lowest BCUT2D eigenvalue weighted by molar-refractivity contribution is -0.138. The maximum Gasteiger partial charge on any atom is 0.416 e. The Morgan fingerprint density at radius 3 is 2.47 bits per heavy atom. The second-order valence-corrected chi connectivity index (χ2v) is 3.48. The standard InChI is InChI=1S/C10H10F3NO3/c11-10(12,13)7-4-9-8(15-5-16-9)3-6(7)1-2-17-14/h3-4H,1-2,5,14H2. The molecule has 17 heavy (non-hydrogen) atoms. The molecule has 4 nitrogen and oxygen atoms in total. The predicted octanol–water partition coefficient (Wildman–Crippen LogP) is 1.87. The monoisotopic (exact) mass is 249 g/mol. The fourth-order valence-corrected chi connectivity index (χ4v) is 1.62. The van der Waals surface area contributed by atoms with E-state index in [0.717, 1.165) is 6.07 Å². The van der Waals surface area contributed by atoms with Gasteiger partial charge < -0.3 is 14.3 Å². The van der Waals surface area contributed by atoms with Crippen molar-refractivity contribution < 1.29 is 27.5 Å². The molecule has 0 amide bonds. The first-order valence-electron chi connectivity index (χ1n) is 4.84. The second-order valence-electron chi connectivity index (χ2n) is 3.48. The molecule has 1 heterocycles. The van der Waals surface area contributed by atoms with Crippen LogP contribution in [0.25, 0.3) is 0 Å². The van der Waals surface area contributed by atoms with Crippen LogP contribution in [0.2, 0.25) is 0 Å². The summed E-state index contributed by atoms with van der Waals surface area (Å²) in [5.74, 6) is 5.23. The highest BCUT2D eigenvalue weighted by atomic mass is 19.4. The molecule has 0 bridgehead atoms. The molecule has 2 N–H and O–H groups in total. The van der Waals surface area contributed by atoms with Crippen LogP contribution in [0.3, 0.4) is 0 Å². The van der Waals surface area contributed by atoms with E-state index in [4.69, 9.17) is 15.4 Å². The molecule has 0 spiro atoms. The van der Waals surface area contributed by atoms with Gasteiger partial charge in [0, 0.05) is 0 Å². The lowest BCUT2D eigenvalue weighted by Crippen LogP contribution is -2.12. The van der Waals surface area contributed by atoms with Crippen molar-refractivity contribution in [3.63, 3.8) is 0 Å². The number of alkyl halides is 3. The van der Waals surface area contributed by atoms with Crippen molar-refractivity contribution in [3.05, 3.63) is 23.3 Å². The first kappa shape index (κ1) is 12.0. The van der Waals surface area contributed by atoms with Crippen LogP contribution in [0, 0.1) is 0 Å². The van der Waals surface area contributed by atoms with Crippen LogP contribution < -0.4 is 15.4 Å². The normalized spacial score (nSPS) is 14.1. The minimum Gasteiger partial charge on any atom is -0.454 e. The van der Waals surface area contributed by atoms with Gasteiger partial charge in [0.25, 0.3) is 0 Å². The number of ether oxygens (including phenoxy) is 2. The molecule has 94 valence electrons. The minimum absolute atomic E-state index is 0.00270. The highest BCUT2D eigenvalue weighted by molar-refractivity contribution is 5.49. The molecule has 0 radical (unpaired) electrons. The van der Waals surface area contributed by atoms with Crippen molar-refractivity contribution in [2.45, 2.75) is 12.6 Å².